The Morgan fingerprint density at radius 3 is 2.70 bits per heavy atom. The standard InChI is InChI=1S/C22H20N2O3/c1-2-15-8-10-18(11-9-15)24-14-17(13-20(24)25)22(26)27-19-7-3-5-16-6-4-12-23-21(16)19/h3-12,17H,2,13-14H2,1H3/t17-/m1/s1. The molecule has 27 heavy (non-hydrogen) atoms. The monoisotopic (exact) mass is 360 g/mol. The van der Waals surface area contributed by atoms with Crippen LogP contribution in [0.25, 0.3) is 10.9 Å². The number of aryl methyl sites for hydroxylation is 1. The van der Waals surface area contributed by atoms with E-state index in [2.05, 4.69) is 11.9 Å². The first-order valence-electron chi connectivity index (χ1n) is 9.10. The average Bonchev–Trinajstić information content (AvgIpc) is 3.10. The molecule has 0 unspecified atom stereocenters. The van der Waals surface area contributed by atoms with E-state index in [4.69, 9.17) is 4.74 Å². The van der Waals surface area contributed by atoms with Crippen LogP contribution in [-0.4, -0.2) is 23.4 Å². The number of carbonyl (C=O) groups is 2. The first-order chi connectivity index (χ1) is 13.2. The van der Waals surface area contributed by atoms with Crippen molar-refractivity contribution in [3.63, 3.8) is 0 Å². The van der Waals surface area contributed by atoms with Gasteiger partial charge in [-0.3, -0.25) is 14.6 Å². The molecule has 2 heterocycles. The van der Waals surface area contributed by atoms with Gasteiger partial charge in [-0.1, -0.05) is 37.3 Å². The van der Waals surface area contributed by atoms with Gasteiger partial charge in [0.1, 0.15) is 5.52 Å². The first-order valence-corrected chi connectivity index (χ1v) is 9.10. The summed E-state index contributed by atoms with van der Waals surface area (Å²) in [4.78, 5) is 31.0. The van der Waals surface area contributed by atoms with E-state index in [1.54, 1.807) is 17.2 Å². The molecule has 1 aliphatic heterocycles. The molecule has 3 aromatic rings. The third kappa shape index (κ3) is 3.40. The molecule has 1 saturated heterocycles. The number of esters is 1. The Morgan fingerprint density at radius 2 is 1.93 bits per heavy atom. The Balaban J connectivity index is 1.50. The van der Waals surface area contributed by atoms with Gasteiger partial charge in [-0.2, -0.15) is 0 Å². The lowest BCUT2D eigenvalue weighted by Gasteiger charge is -2.17. The molecule has 0 saturated carbocycles. The molecule has 0 bridgehead atoms. The minimum absolute atomic E-state index is 0.0581. The number of benzene rings is 2. The maximum absolute atomic E-state index is 12.7. The van der Waals surface area contributed by atoms with Crippen LogP contribution in [0.4, 0.5) is 5.69 Å². The highest BCUT2D eigenvalue weighted by molar-refractivity contribution is 6.00. The van der Waals surface area contributed by atoms with Gasteiger partial charge in [0.05, 0.1) is 5.92 Å². The predicted octanol–water partition coefficient (Wildman–Crippen LogP) is 3.76. The SMILES string of the molecule is CCc1ccc(N2C[C@H](C(=O)Oc3cccc4cccnc34)CC2=O)cc1. The number of ether oxygens (including phenoxy) is 1. The molecule has 0 radical (unpaired) electrons. The van der Waals surface area contributed by atoms with E-state index in [0.29, 0.717) is 17.8 Å². The van der Waals surface area contributed by atoms with E-state index in [9.17, 15) is 9.59 Å². The summed E-state index contributed by atoms with van der Waals surface area (Å²) in [6.07, 6.45) is 2.77. The van der Waals surface area contributed by atoms with Gasteiger partial charge in [-0.25, -0.2) is 0 Å². The van der Waals surface area contributed by atoms with Crippen molar-refractivity contribution < 1.29 is 14.3 Å². The van der Waals surface area contributed by atoms with Gasteiger partial charge in [-0.05, 0) is 36.2 Å². The van der Waals surface area contributed by atoms with Gasteiger partial charge in [0.2, 0.25) is 5.91 Å². The van der Waals surface area contributed by atoms with E-state index < -0.39 is 11.9 Å². The molecule has 1 amide bonds. The fourth-order valence-corrected chi connectivity index (χ4v) is 3.38. The van der Waals surface area contributed by atoms with E-state index in [1.807, 2.05) is 48.5 Å². The van der Waals surface area contributed by atoms with Crippen LogP contribution in [0.5, 0.6) is 5.75 Å². The lowest BCUT2D eigenvalue weighted by Crippen LogP contribution is -2.27. The number of aromatic nitrogens is 1. The molecular weight excluding hydrogens is 340 g/mol. The van der Waals surface area contributed by atoms with Crippen LogP contribution >= 0.6 is 0 Å². The molecule has 0 aliphatic carbocycles. The number of nitrogens with zero attached hydrogens (tertiary/aromatic N) is 2. The zero-order valence-electron chi connectivity index (χ0n) is 15.1. The van der Waals surface area contributed by atoms with Crippen molar-refractivity contribution in [2.75, 3.05) is 11.4 Å². The molecule has 1 fully saturated rings. The Bertz CT molecular complexity index is 993. The zero-order chi connectivity index (χ0) is 18.8. The Morgan fingerprint density at radius 1 is 1.15 bits per heavy atom. The smallest absolute Gasteiger partial charge is 0.316 e. The molecule has 0 N–H and O–H groups in total. The number of amides is 1. The van der Waals surface area contributed by atoms with Crippen LogP contribution in [0.3, 0.4) is 0 Å². The second-order valence-corrected chi connectivity index (χ2v) is 6.68. The van der Waals surface area contributed by atoms with Crippen molar-refractivity contribution in [1.82, 2.24) is 4.98 Å². The van der Waals surface area contributed by atoms with Crippen molar-refractivity contribution in [3.05, 3.63) is 66.4 Å². The van der Waals surface area contributed by atoms with Gasteiger partial charge in [0, 0.05) is 30.2 Å². The summed E-state index contributed by atoms with van der Waals surface area (Å²) in [5, 5.41) is 0.905. The number of anilines is 1. The number of hydrogen-bond donors (Lipinski definition) is 0. The number of hydrogen-bond acceptors (Lipinski definition) is 4. The summed E-state index contributed by atoms with van der Waals surface area (Å²) in [5.41, 5.74) is 2.67. The largest absolute Gasteiger partial charge is 0.424 e. The maximum atomic E-state index is 12.7. The maximum Gasteiger partial charge on any atom is 0.316 e. The first kappa shape index (κ1) is 17.2. The highest BCUT2D eigenvalue weighted by atomic mass is 16.5. The van der Waals surface area contributed by atoms with Crippen LogP contribution in [0.2, 0.25) is 0 Å². The average molecular weight is 360 g/mol. The fourth-order valence-electron chi connectivity index (χ4n) is 3.38. The van der Waals surface area contributed by atoms with Gasteiger partial charge >= 0.3 is 5.97 Å². The second kappa shape index (κ2) is 7.19. The van der Waals surface area contributed by atoms with E-state index in [0.717, 1.165) is 17.5 Å². The highest BCUT2D eigenvalue weighted by Crippen LogP contribution is 2.28. The van der Waals surface area contributed by atoms with Gasteiger partial charge in [0.15, 0.2) is 5.75 Å². The van der Waals surface area contributed by atoms with E-state index >= 15 is 0 Å². The third-order valence-corrected chi connectivity index (χ3v) is 4.92. The molecule has 1 aliphatic rings. The number of pyridine rings is 1. The molecule has 4 rings (SSSR count). The summed E-state index contributed by atoms with van der Waals surface area (Å²) in [6, 6.07) is 17.1. The summed E-state index contributed by atoms with van der Waals surface area (Å²) >= 11 is 0. The van der Waals surface area contributed by atoms with Crippen molar-refractivity contribution in [3.8, 4) is 5.75 Å². The van der Waals surface area contributed by atoms with Gasteiger partial charge < -0.3 is 9.64 Å². The number of carbonyl (C=O) groups excluding carboxylic acids is 2. The molecule has 136 valence electrons. The Hall–Kier alpha value is -3.21. The minimum Gasteiger partial charge on any atom is -0.424 e. The Kier molecular flexibility index (Phi) is 4.59. The van der Waals surface area contributed by atoms with Crippen LogP contribution in [0, 0.1) is 5.92 Å². The normalized spacial score (nSPS) is 16.7. The molecular formula is C22H20N2O3. The highest BCUT2D eigenvalue weighted by Gasteiger charge is 2.36. The van der Waals surface area contributed by atoms with Crippen molar-refractivity contribution in [2.45, 2.75) is 19.8 Å². The predicted molar refractivity (Wildman–Crippen MR) is 104 cm³/mol. The number of para-hydroxylation sites is 1. The van der Waals surface area contributed by atoms with E-state index in [1.165, 1.54) is 5.56 Å². The summed E-state index contributed by atoms with van der Waals surface area (Å²) in [5.74, 6) is -0.509. The van der Waals surface area contributed by atoms with Crippen LogP contribution in [-0.2, 0) is 16.0 Å². The van der Waals surface area contributed by atoms with Crippen LogP contribution < -0.4 is 9.64 Å². The number of rotatable bonds is 4. The van der Waals surface area contributed by atoms with Gasteiger partial charge in [-0.15, -0.1) is 0 Å². The minimum atomic E-state index is -0.484. The third-order valence-electron chi connectivity index (χ3n) is 4.92. The quantitative estimate of drug-likeness (QED) is 0.525. The second-order valence-electron chi connectivity index (χ2n) is 6.68. The van der Waals surface area contributed by atoms with Crippen LogP contribution in [0.1, 0.15) is 18.9 Å². The molecule has 1 aromatic heterocycles. The molecule has 5 heteroatoms. The lowest BCUT2D eigenvalue weighted by molar-refractivity contribution is -0.139. The fraction of sp³-hybridized carbons (Fsp3) is 0.227. The van der Waals surface area contributed by atoms with Crippen molar-refractivity contribution in [2.24, 2.45) is 5.92 Å². The summed E-state index contributed by atoms with van der Waals surface area (Å²) < 4.78 is 5.60. The summed E-state index contributed by atoms with van der Waals surface area (Å²) in [6.45, 7) is 2.42. The molecule has 5 nitrogen and oxygen atoms in total. The number of fused-ring (bicyclic) bond motifs is 1. The van der Waals surface area contributed by atoms with Gasteiger partial charge in [0.25, 0.3) is 0 Å². The Labute approximate surface area is 157 Å². The summed E-state index contributed by atoms with van der Waals surface area (Å²) in [7, 11) is 0. The van der Waals surface area contributed by atoms with Crippen molar-refractivity contribution >= 4 is 28.5 Å². The van der Waals surface area contributed by atoms with E-state index in [-0.39, 0.29) is 12.3 Å². The molecule has 2 aromatic carbocycles. The zero-order valence-corrected chi connectivity index (χ0v) is 15.1. The van der Waals surface area contributed by atoms with Crippen LogP contribution in [0.15, 0.2) is 60.8 Å². The van der Waals surface area contributed by atoms with Crippen molar-refractivity contribution in [1.29, 1.82) is 0 Å². The topological polar surface area (TPSA) is 59.5 Å². The molecule has 1 atom stereocenters. The molecule has 0 spiro atoms. The lowest BCUT2D eigenvalue weighted by atomic mass is 10.1.